The SMILES string of the molecule is CNC1=NC(Cl)=NC(N)N1OC(F)F. The van der Waals surface area contributed by atoms with Crippen molar-refractivity contribution < 1.29 is 13.6 Å². The number of hydrogen-bond donors (Lipinski definition) is 2. The Hall–Kier alpha value is -0.990. The molecule has 0 fully saturated rings. The van der Waals surface area contributed by atoms with Crippen molar-refractivity contribution in [2.45, 2.75) is 12.9 Å². The first kappa shape index (κ1) is 11.1. The van der Waals surface area contributed by atoms with Crippen LogP contribution in [0.2, 0.25) is 0 Å². The second kappa shape index (κ2) is 4.49. The molecule has 0 saturated heterocycles. The van der Waals surface area contributed by atoms with Crippen LogP contribution >= 0.6 is 11.6 Å². The van der Waals surface area contributed by atoms with Gasteiger partial charge in [-0.05, 0) is 11.6 Å². The van der Waals surface area contributed by atoms with E-state index in [2.05, 4.69) is 20.1 Å². The molecular weight excluding hydrogens is 220 g/mol. The van der Waals surface area contributed by atoms with Crippen molar-refractivity contribution in [3.05, 3.63) is 0 Å². The van der Waals surface area contributed by atoms with Gasteiger partial charge in [-0.1, -0.05) is 0 Å². The van der Waals surface area contributed by atoms with E-state index in [-0.39, 0.29) is 11.3 Å². The maximum atomic E-state index is 11.9. The van der Waals surface area contributed by atoms with Crippen LogP contribution in [0.1, 0.15) is 0 Å². The van der Waals surface area contributed by atoms with Gasteiger partial charge < -0.3 is 5.32 Å². The van der Waals surface area contributed by atoms with Gasteiger partial charge in [0, 0.05) is 7.05 Å². The fourth-order valence-corrected chi connectivity index (χ4v) is 0.997. The van der Waals surface area contributed by atoms with Crippen molar-refractivity contribution in [2.75, 3.05) is 7.05 Å². The normalized spacial score (nSPS) is 22.1. The van der Waals surface area contributed by atoms with Crippen LogP contribution in [0.3, 0.4) is 0 Å². The predicted octanol–water partition coefficient (Wildman–Crippen LogP) is -0.131. The summed E-state index contributed by atoms with van der Waals surface area (Å²) < 4.78 is 23.8. The van der Waals surface area contributed by atoms with E-state index in [9.17, 15) is 8.78 Å². The van der Waals surface area contributed by atoms with Crippen LogP contribution in [0, 0.1) is 0 Å². The molecular formula is C5H8ClF2N5O. The van der Waals surface area contributed by atoms with Gasteiger partial charge in [0.05, 0.1) is 0 Å². The van der Waals surface area contributed by atoms with Gasteiger partial charge in [0.15, 0.2) is 0 Å². The third-order valence-electron chi connectivity index (χ3n) is 1.30. The Morgan fingerprint density at radius 2 is 2.36 bits per heavy atom. The smallest absolute Gasteiger partial charge is 0.357 e. The lowest BCUT2D eigenvalue weighted by molar-refractivity contribution is -0.263. The van der Waals surface area contributed by atoms with Gasteiger partial charge in [0.2, 0.25) is 17.5 Å². The number of nitrogens with zero attached hydrogens (tertiary/aromatic N) is 3. The molecule has 6 nitrogen and oxygen atoms in total. The van der Waals surface area contributed by atoms with Crippen LogP contribution < -0.4 is 11.1 Å². The van der Waals surface area contributed by atoms with Gasteiger partial charge in [-0.2, -0.15) is 23.7 Å². The molecule has 0 amide bonds. The fraction of sp³-hybridized carbons (Fsp3) is 0.600. The molecule has 1 rings (SSSR count). The summed E-state index contributed by atoms with van der Waals surface area (Å²) in [4.78, 5) is 11.2. The Bertz CT molecular complexity index is 271. The maximum Gasteiger partial charge on any atom is 0.365 e. The first-order valence-corrected chi connectivity index (χ1v) is 3.92. The quantitative estimate of drug-likeness (QED) is 0.645. The van der Waals surface area contributed by atoms with Crippen molar-refractivity contribution >= 4 is 22.9 Å². The Morgan fingerprint density at radius 3 is 2.86 bits per heavy atom. The number of guanidine groups is 1. The summed E-state index contributed by atoms with van der Waals surface area (Å²) in [6.07, 6.45) is -1.14. The molecule has 0 bridgehead atoms. The van der Waals surface area contributed by atoms with E-state index in [1.807, 2.05) is 0 Å². The molecule has 1 aliphatic heterocycles. The molecule has 0 saturated carbocycles. The van der Waals surface area contributed by atoms with Gasteiger partial charge >= 0.3 is 6.61 Å². The van der Waals surface area contributed by atoms with Gasteiger partial charge in [-0.15, -0.1) is 0 Å². The van der Waals surface area contributed by atoms with E-state index in [1.165, 1.54) is 7.05 Å². The highest BCUT2D eigenvalue weighted by Crippen LogP contribution is 2.10. The minimum absolute atomic E-state index is 0.0298. The summed E-state index contributed by atoms with van der Waals surface area (Å²) in [5, 5.41) is 3.00. The standard InChI is InChI=1S/C5H8ClF2N5O/c1-10-5-12-2(6)11-4(9)13(5)14-3(7)8/h3-4H,9H2,1H3,(H,10,11,12). The van der Waals surface area contributed by atoms with E-state index in [0.29, 0.717) is 5.06 Å². The minimum Gasteiger partial charge on any atom is -0.357 e. The summed E-state index contributed by atoms with van der Waals surface area (Å²) in [7, 11) is 1.46. The summed E-state index contributed by atoms with van der Waals surface area (Å²) in [5.74, 6) is -0.0298. The average molecular weight is 228 g/mol. The third-order valence-corrected chi connectivity index (χ3v) is 1.48. The van der Waals surface area contributed by atoms with Gasteiger partial charge in [0.25, 0.3) is 0 Å². The molecule has 0 aromatic rings. The number of halogens is 3. The zero-order valence-electron chi connectivity index (χ0n) is 7.12. The Kier molecular flexibility index (Phi) is 3.55. The van der Waals surface area contributed by atoms with Crippen molar-refractivity contribution in [3.63, 3.8) is 0 Å². The molecule has 1 unspecified atom stereocenters. The molecule has 3 N–H and O–H groups in total. The number of hydrogen-bond acceptors (Lipinski definition) is 6. The van der Waals surface area contributed by atoms with Gasteiger partial charge in [0.1, 0.15) is 0 Å². The molecule has 80 valence electrons. The topological polar surface area (TPSA) is 75.2 Å². The second-order valence-corrected chi connectivity index (χ2v) is 2.53. The van der Waals surface area contributed by atoms with E-state index in [4.69, 9.17) is 17.3 Å². The number of nitrogens with two attached hydrogens (primary N) is 1. The number of amidine groups is 1. The van der Waals surface area contributed by atoms with Crippen LogP contribution in [-0.2, 0) is 4.84 Å². The molecule has 1 heterocycles. The molecule has 0 spiro atoms. The van der Waals surface area contributed by atoms with Crippen LogP contribution in [0.4, 0.5) is 8.78 Å². The lowest BCUT2D eigenvalue weighted by Gasteiger charge is -2.28. The number of aliphatic imine (C=N–C) groups is 2. The molecule has 1 atom stereocenters. The molecule has 9 heteroatoms. The highest BCUT2D eigenvalue weighted by atomic mass is 35.5. The summed E-state index contributed by atoms with van der Waals surface area (Å²) in [6.45, 7) is -3.01. The van der Waals surface area contributed by atoms with Crippen molar-refractivity contribution in [3.8, 4) is 0 Å². The van der Waals surface area contributed by atoms with E-state index in [1.54, 1.807) is 0 Å². The number of hydroxylamine groups is 2. The van der Waals surface area contributed by atoms with Crippen LogP contribution in [0.25, 0.3) is 0 Å². The molecule has 0 radical (unpaired) electrons. The first-order chi connectivity index (χ1) is 6.54. The number of nitrogens with one attached hydrogen (secondary N) is 1. The average Bonchev–Trinajstić information content (AvgIpc) is 2.08. The zero-order valence-corrected chi connectivity index (χ0v) is 7.87. The summed E-state index contributed by atoms with van der Waals surface area (Å²) in [6, 6.07) is 0. The van der Waals surface area contributed by atoms with Crippen LogP contribution in [0.5, 0.6) is 0 Å². The van der Waals surface area contributed by atoms with Crippen LogP contribution in [0.15, 0.2) is 9.98 Å². The van der Waals surface area contributed by atoms with Crippen LogP contribution in [-0.4, -0.2) is 36.3 Å². The van der Waals surface area contributed by atoms with E-state index >= 15 is 0 Å². The van der Waals surface area contributed by atoms with Crippen molar-refractivity contribution in [2.24, 2.45) is 15.7 Å². The Labute approximate surface area is 83.3 Å². The number of rotatable bonds is 2. The highest BCUT2D eigenvalue weighted by Gasteiger charge is 2.26. The Balaban J connectivity index is 2.79. The largest absolute Gasteiger partial charge is 0.365 e. The molecule has 1 aliphatic rings. The maximum absolute atomic E-state index is 11.9. The van der Waals surface area contributed by atoms with Gasteiger partial charge in [-0.3, -0.25) is 5.73 Å². The minimum atomic E-state index is -3.01. The first-order valence-electron chi connectivity index (χ1n) is 3.54. The molecule has 0 aliphatic carbocycles. The monoisotopic (exact) mass is 227 g/mol. The number of alkyl halides is 2. The molecule has 0 aromatic heterocycles. The fourth-order valence-electron chi connectivity index (χ4n) is 0.817. The predicted molar refractivity (Wildman–Crippen MR) is 46.7 cm³/mol. The van der Waals surface area contributed by atoms with E-state index < -0.39 is 12.9 Å². The lowest BCUT2D eigenvalue weighted by Crippen LogP contribution is -2.52. The van der Waals surface area contributed by atoms with Gasteiger partial charge in [-0.25, -0.2) is 4.99 Å². The summed E-state index contributed by atoms with van der Waals surface area (Å²) in [5.41, 5.74) is 5.36. The molecule has 0 aromatic carbocycles. The zero-order chi connectivity index (χ0) is 10.7. The highest BCUT2D eigenvalue weighted by molar-refractivity contribution is 6.65. The van der Waals surface area contributed by atoms with Crippen molar-refractivity contribution in [1.29, 1.82) is 0 Å². The second-order valence-electron chi connectivity index (χ2n) is 2.19. The molecule has 14 heavy (non-hydrogen) atoms. The van der Waals surface area contributed by atoms with E-state index in [0.717, 1.165) is 0 Å². The Morgan fingerprint density at radius 1 is 1.71 bits per heavy atom. The lowest BCUT2D eigenvalue weighted by atomic mass is 10.7. The van der Waals surface area contributed by atoms with Crippen molar-refractivity contribution in [1.82, 2.24) is 10.4 Å². The summed E-state index contributed by atoms with van der Waals surface area (Å²) >= 11 is 5.46. The third kappa shape index (κ3) is 2.50.